The number of nitrogen functional groups attached to an aromatic ring is 2. The number of nitrogens with zero attached hydrogens (tertiary/aromatic N) is 5. The number of anilines is 2. The van der Waals surface area contributed by atoms with E-state index in [2.05, 4.69) is 106 Å². The number of nitrogens with one attached hydrogen (secondary N) is 3. The SMILES string of the molecule is CCC(CC(C)(C)OCC(C)C(C)(C)NC(=O)CCc1cc(N)c(O)c(C(C)(C)C)c1)(CC(C)(C)OCC(C)C(C)(C)NC(=O)CCc1cc(N=Nc2ccccc2N)c(O)c(C(C)(C)C)c1)CC(C)(C)OCC(C)C(C)(C)NC(=O)CCc1cc(-n2nc3ccccc3n2)c(O)c(C(C)(C)C)c1. The lowest BCUT2D eigenvalue weighted by molar-refractivity contribution is -0.134. The highest BCUT2D eigenvalue weighted by atomic mass is 16.5. The topological polar surface area (TPSA) is 283 Å². The first-order valence-electron chi connectivity index (χ1n) is 37.1. The van der Waals surface area contributed by atoms with Crippen LogP contribution in [0, 0.1) is 23.2 Å². The van der Waals surface area contributed by atoms with Crippen LogP contribution in [0.3, 0.4) is 0 Å². The number of azo groups is 1. The molecule has 0 aliphatic heterocycles. The zero-order chi connectivity index (χ0) is 77.4. The maximum absolute atomic E-state index is 14.0. The Bertz CT molecular complexity index is 3900. The Labute approximate surface area is 616 Å². The second-order valence-corrected chi connectivity index (χ2v) is 36.2. The molecule has 19 nitrogen and oxygen atoms in total. The number of phenols is 3. The fraction of sp³-hybridized carbons (Fsp3) is 0.607. The van der Waals surface area contributed by atoms with E-state index in [9.17, 15) is 29.7 Å². The number of aromatic nitrogens is 3. The number of aryl methyl sites for hydroxylation is 3. The van der Waals surface area contributed by atoms with Crippen molar-refractivity contribution in [3.63, 3.8) is 0 Å². The summed E-state index contributed by atoms with van der Waals surface area (Å²) in [6.07, 6.45) is 4.68. The summed E-state index contributed by atoms with van der Waals surface area (Å²) in [5, 5.41) is 61.8. The number of carbonyl (C=O) groups excluding carboxylic acids is 3. The first-order valence-corrected chi connectivity index (χ1v) is 37.1. The quantitative estimate of drug-likeness (QED) is 0.0106. The van der Waals surface area contributed by atoms with Gasteiger partial charge in [-0.1, -0.05) is 139 Å². The van der Waals surface area contributed by atoms with E-state index in [1.54, 1.807) is 24.3 Å². The summed E-state index contributed by atoms with van der Waals surface area (Å²) in [5.41, 5.74) is 15.2. The lowest BCUT2D eigenvalue weighted by atomic mass is 9.65. The summed E-state index contributed by atoms with van der Waals surface area (Å²) < 4.78 is 21.2. The Balaban J connectivity index is 1.16. The molecule has 4 unspecified atom stereocenters. The van der Waals surface area contributed by atoms with Gasteiger partial charge in [-0.05, 0) is 202 Å². The molecule has 0 aliphatic carbocycles. The predicted molar refractivity (Wildman–Crippen MR) is 418 cm³/mol. The van der Waals surface area contributed by atoms with Gasteiger partial charge in [0.1, 0.15) is 45.3 Å². The highest BCUT2D eigenvalue weighted by Gasteiger charge is 2.46. The van der Waals surface area contributed by atoms with Crippen molar-refractivity contribution in [2.24, 2.45) is 33.4 Å². The lowest BCUT2D eigenvalue weighted by Crippen LogP contribution is -2.51. The highest BCUT2D eigenvalue weighted by Crippen LogP contribution is 2.49. The van der Waals surface area contributed by atoms with Crippen molar-refractivity contribution >= 4 is 51.5 Å². The van der Waals surface area contributed by atoms with Crippen LogP contribution in [0.4, 0.5) is 22.7 Å². The van der Waals surface area contributed by atoms with Crippen LogP contribution in [0.5, 0.6) is 17.2 Å². The molecular weight excluding hydrogens is 1290 g/mol. The van der Waals surface area contributed by atoms with Gasteiger partial charge >= 0.3 is 0 Å². The minimum atomic E-state index is -0.665. The number of rotatable bonds is 34. The van der Waals surface area contributed by atoms with E-state index in [0.29, 0.717) is 103 Å². The summed E-state index contributed by atoms with van der Waals surface area (Å²) in [5.74, 6) is -0.376. The molecule has 0 fully saturated rings. The summed E-state index contributed by atoms with van der Waals surface area (Å²) in [7, 11) is 0. The molecule has 0 spiro atoms. The molecular formula is C84H128N10O9. The number of hydrogen-bond acceptors (Lipinski definition) is 15. The summed E-state index contributed by atoms with van der Waals surface area (Å²) in [6.45, 7) is 53.0. The normalized spacial score (nSPS) is 14.7. The summed E-state index contributed by atoms with van der Waals surface area (Å²) in [6, 6.07) is 26.0. The number of carbonyl (C=O) groups is 3. The molecule has 0 radical (unpaired) electrons. The minimum Gasteiger partial charge on any atom is -0.505 e. The molecule has 0 saturated carbocycles. The summed E-state index contributed by atoms with van der Waals surface area (Å²) in [4.78, 5) is 43.2. The zero-order valence-corrected chi connectivity index (χ0v) is 67.2. The largest absolute Gasteiger partial charge is 0.505 e. The van der Waals surface area contributed by atoms with E-state index in [1.807, 2.05) is 165 Å². The molecule has 6 rings (SSSR count). The molecule has 0 aliphatic rings. The number of phenolic OH excluding ortho intramolecular Hbond substituents is 3. The molecule has 4 atom stereocenters. The van der Waals surface area contributed by atoms with E-state index in [0.717, 1.165) is 34.2 Å². The third-order valence-electron chi connectivity index (χ3n) is 21.0. The van der Waals surface area contributed by atoms with Crippen LogP contribution >= 0.6 is 0 Å². The Kier molecular flexibility index (Phi) is 26.9. The Hall–Kier alpha value is -7.61. The molecule has 1 aromatic heterocycles. The number of hydrogen-bond donors (Lipinski definition) is 8. The molecule has 0 saturated heterocycles. The Morgan fingerprint density at radius 3 is 1.17 bits per heavy atom. The molecule has 10 N–H and O–H groups in total. The van der Waals surface area contributed by atoms with E-state index in [4.69, 9.17) is 25.7 Å². The monoisotopic (exact) mass is 1420 g/mol. The van der Waals surface area contributed by atoms with Crippen LogP contribution in [0.15, 0.2) is 95.2 Å². The number of amides is 3. The van der Waals surface area contributed by atoms with Crippen LogP contribution in [-0.4, -0.2) is 101 Å². The Morgan fingerprint density at radius 2 is 0.796 bits per heavy atom. The average Bonchev–Trinajstić information content (AvgIpc) is 1.75. The van der Waals surface area contributed by atoms with Crippen molar-refractivity contribution in [2.45, 2.75) is 287 Å². The fourth-order valence-electron chi connectivity index (χ4n) is 13.6. The number of aromatic hydroxyl groups is 3. The second-order valence-electron chi connectivity index (χ2n) is 36.2. The predicted octanol–water partition coefficient (Wildman–Crippen LogP) is 17.8. The summed E-state index contributed by atoms with van der Waals surface area (Å²) >= 11 is 0. The lowest BCUT2D eigenvalue weighted by Gasteiger charge is -2.48. The van der Waals surface area contributed by atoms with Crippen LogP contribution < -0.4 is 27.4 Å². The highest BCUT2D eigenvalue weighted by molar-refractivity contribution is 5.79. The van der Waals surface area contributed by atoms with Gasteiger partial charge in [0.2, 0.25) is 17.7 Å². The molecule has 6 aromatic rings. The molecule has 0 bridgehead atoms. The van der Waals surface area contributed by atoms with Crippen LogP contribution in [0.1, 0.15) is 251 Å². The zero-order valence-electron chi connectivity index (χ0n) is 67.2. The molecule has 1 heterocycles. The van der Waals surface area contributed by atoms with Crippen molar-refractivity contribution < 1.29 is 43.9 Å². The van der Waals surface area contributed by atoms with Gasteiger partial charge < -0.3 is 56.9 Å². The maximum Gasteiger partial charge on any atom is 0.220 e. The molecule has 568 valence electrons. The van der Waals surface area contributed by atoms with Crippen LogP contribution in [0.25, 0.3) is 16.7 Å². The number of ether oxygens (including phenoxy) is 3. The first kappa shape index (κ1) is 84.3. The van der Waals surface area contributed by atoms with Crippen molar-refractivity contribution in [3.05, 3.63) is 118 Å². The van der Waals surface area contributed by atoms with Crippen LogP contribution in [0.2, 0.25) is 0 Å². The molecule has 19 heteroatoms. The van der Waals surface area contributed by atoms with Gasteiger partial charge in [-0.25, -0.2) is 0 Å². The van der Waals surface area contributed by atoms with Crippen LogP contribution in [-0.2, 0) is 64.1 Å². The van der Waals surface area contributed by atoms with E-state index < -0.39 is 49.7 Å². The van der Waals surface area contributed by atoms with Gasteiger partial charge in [0, 0.05) is 70.3 Å². The van der Waals surface area contributed by atoms with Crippen molar-refractivity contribution in [1.82, 2.24) is 30.9 Å². The first-order chi connectivity index (χ1) is 47.3. The van der Waals surface area contributed by atoms with E-state index >= 15 is 0 Å². The fourth-order valence-corrected chi connectivity index (χ4v) is 13.6. The van der Waals surface area contributed by atoms with Crippen molar-refractivity contribution in [1.29, 1.82) is 0 Å². The van der Waals surface area contributed by atoms with Gasteiger partial charge in [-0.15, -0.1) is 25.2 Å². The van der Waals surface area contributed by atoms with Gasteiger partial charge in [0.25, 0.3) is 0 Å². The average molecular weight is 1420 g/mol. The standard InChI is InChI=1S/C84H128N10O9/c1-26-84(50-78(14,15)101-47-53(2)81(20,21)87-69(95)38-35-56-41-59(75(5,6)7)72(98)63(86)44-56,51-79(16,17)102-48-54(3)82(22,23)88-70(96)39-36-57-42-60(76(8,9)10)73(99)67(45-57)91-90-64-32-28-27-31-62(64)85)52-80(18,19)103-49-55(4)83(24,25)89-71(97)40-37-58-43-61(77(11,12)13)74(100)68(46-58)94-92-65-33-29-30-34-66(65)93-94/h27-34,41-46,53-55,98-100H,26,35-40,47-52,85-86H2,1-25H3,(H,87,95)(H,88,96)(H,89,97). The number of para-hydroxylation sites is 1. The Morgan fingerprint density at radius 1 is 0.456 bits per heavy atom. The number of fused-ring (bicyclic) bond motifs is 1. The van der Waals surface area contributed by atoms with Crippen molar-refractivity contribution in [2.75, 3.05) is 31.3 Å². The van der Waals surface area contributed by atoms with Gasteiger partial charge in [-0.2, -0.15) is 0 Å². The van der Waals surface area contributed by atoms with Gasteiger partial charge in [0.15, 0.2) is 0 Å². The minimum absolute atomic E-state index is 0.0378. The van der Waals surface area contributed by atoms with E-state index in [1.165, 1.54) is 4.80 Å². The third-order valence-corrected chi connectivity index (χ3v) is 21.0. The van der Waals surface area contributed by atoms with Gasteiger partial charge in [-0.3, -0.25) is 14.4 Å². The number of benzene rings is 5. The third kappa shape index (κ3) is 23.7. The molecule has 103 heavy (non-hydrogen) atoms. The second kappa shape index (κ2) is 32.8. The molecule has 3 amide bonds. The molecule has 5 aromatic carbocycles. The maximum atomic E-state index is 14.0. The van der Waals surface area contributed by atoms with E-state index in [-0.39, 0.29) is 77.4 Å². The smallest absolute Gasteiger partial charge is 0.220 e. The van der Waals surface area contributed by atoms with Gasteiger partial charge in [0.05, 0.1) is 48.0 Å². The number of nitrogens with two attached hydrogens (primary N) is 2. The van der Waals surface area contributed by atoms with Crippen molar-refractivity contribution in [3.8, 4) is 22.9 Å².